The third-order valence-electron chi connectivity index (χ3n) is 6.71. The number of hydrogen-bond donors (Lipinski definition) is 1. The summed E-state index contributed by atoms with van der Waals surface area (Å²) in [5.41, 5.74) is 10.6. The number of fused-ring (bicyclic) bond motifs is 1. The van der Waals surface area contributed by atoms with Crippen LogP contribution in [0.3, 0.4) is 0 Å². The van der Waals surface area contributed by atoms with Crippen molar-refractivity contribution in [3.63, 3.8) is 0 Å². The summed E-state index contributed by atoms with van der Waals surface area (Å²) in [6, 6.07) is 27.4. The number of imidazole rings is 1. The van der Waals surface area contributed by atoms with Crippen molar-refractivity contribution in [3.05, 3.63) is 118 Å². The molecule has 0 aliphatic heterocycles. The lowest BCUT2D eigenvalue weighted by Gasteiger charge is -2.16. The smallest absolute Gasteiger partial charge is 0.229 e. The molecule has 1 amide bonds. The van der Waals surface area contributed by atoms with E-state index in [1.54, 1.807) is 25.1 Å². The van der Waals surface area contributed by atoms with Crippen LogP contribution in [0.1, 0.15) is 29.5 Å². The number of sulfone groups is 1. The number of amides is 1. The summed E-state index contributed by atoms with van der Waals surface area (Å²) in [5, 5.41) is 0.875. The quantitative estimate of drug-likeness (QED) is 0.228. The molecular formula is C30H25Cl2N3O3S. The number of nitrogens with two attached hydrogens (primary N) is 1. The fourth-order valence-electron chi connectivity index (χ4n) is 4.65. The Kier molecular flexibility index (Phi) is 7.49. The molecule has 5 rings (SSSR count). The first-order valence-corrected chi connectivity index (χ1v) is 14.7. The first-order valence-electron chi connectivity index (χ1n) is 12.3. The molecule has 5 aromatic rings. The number of aromatic nitrogens is 2. The molecule has 0 aliphatic carbocycles. The fraction of sp³-hybridized carbons (Fsp3) is 0.133. The number of carbonyl (C=O) groups is 1. The lowest BCUT2D eigenvalue weighted by molar-refractivity contribution is -0.118. The highest BCUT2D eigenvalue weighted by Gasteiger charge is 2.22. The molecule has 1 atom stereocenters. The summed E-state index contributed by atoms with van der Waals surface area (Å²) in [5.74, 6) is -0.545. The van der Waals surface area contributed by atoms with Gasteiger partial charge in [0, 0.05) is 12.1 Å². The molecule has 0 saturated heterocycles. The van der Waals surface area contributed by atoms with Crippen molar-refractivity contribution in [2.24, 2.45) is 5.73 Å². The largest absolute Gasteiger partial charge is 0.369 e. The van der Waals surface area contributed by atoms with Crippen LogP contribution < -0.4 is 5.73 Å². The van der Waals surface area contributed by atoms with Gasteiger partial charge in [0.1, 0.15) is 5.82 Å². The summed E-state index contributed by atoms with van der Waals surface area (Å²) in [6.07, 6.45) is 0. The van der Waals surface area contributed by atoms with Gasteiger partial charge in [0.2, 0.25) is 5.91 Å². The predicted octanol–water partition coefficient (Wildman–Crippen LogP) is 6.47. The van der Waals surface area contributed by atoms with Gasteiger partial charge in [-0.25, -0.2) is 13.4 Å². The van der Waals surface area contributed by atoms with E-state index in [-0.39, 0.29) is 10.6 Å². The first-order chi connectivity index (χ1) is 18.7. The van der Waals surface area contributed by atoms with Gasteiger partial charge in [0.15, 0.2) is 9.84 Å². The number of hydrogen-bond acceptors (Lipinski definition) is 4. The van der Waals surface area contributed by atoms with E-state index in [9.17, 15) is 13.2 Å². The van der Waals surface area contributed by atoms with Crippen molar-refractivity contribution in [1.29, 1.82) is 0 Å². The highest BCUT2D eigenvalue weighted by molar-refractivity contribution is 7.91. The summed E-state index contributed by atoms with van der Waals surface area (Å²) < 4.78 is 26.5. The molecule has 1 unspecified atom stereocenters. The molecular weight excluding hydrogens is 553 g/mol. The van der Waals surface area contributed by atoms with Crippen LogP contribution in [0, 0.1) is 0 Å². The van der Waals surface area contributed by atoms with Crippen LogP contribution in [-0.4, -0.2) is 29.6 Å². The molecule has 9 heteroatoms. The van der Waals surface area contributed by atoms with Gasteiger partial charge in [-0.3, -0.25) is 4.79 Å². The van der Waals surface area contributed by atoms with Crippen LogP contribution in [0.5, 0.6) is 0 Å². The molecule has 2 N–H and O–H groups in total. The predicted molar refractivity (Wildman–Crippen MR) is 156 cm³/mol. The van der Waals surface area contributed by atoms with E-state index in [0.717, 1.165) is 28.0 Å². The van der Waals surface area contributed by atoms with Crippen molar-refractivity contribution in [1.82, 2.24) is 9.55 Å². The molecule has 1 aromatic heterocycles. The van der Waals surface area contributed by atoms with Crippen molar-refractivity contribution >= 4 is 50.0 Å². The second-order valence-corrected chi connectivity index (χ2v) is 12.3. The third-order valence-corrected chi connectivity index (χ3v) is 9.19. The maximum atomic E-state index is 12.5. The molecule has 4 aromatic carbocycles. The van der Waals surface area contributed by atoms with E-state index < -0.39 is 21.7 Å². The molecule has 6 nitrogen and oxygen atoms in total. The highest BCUT2D eigenvalue weighted by atomic mass is 35.5. The molecule has 0 saturated carbocycles. The molecule has 1 heterocycles. The van der Waals surface area contributed by atoms with Gasteiger partial charge in [-0.1, -0.05) is 96.9 Å². The Morgan fingerprint density at radius 2 is 1.49 bits per heavy atom. The summed E-state index contributed by atoms with van der Waals surface area (Å²) in [4.78, 5) is 17.6. The topological polar surface area (TPSA) is 95.0 Å². The van der Waals surface area contributed by atoms with Crippen LogP contribution in [-0.2, 0) is 21.2 Å². The molecule has 0 radical (unpaired) electrons. The summed E-state index contributed by atoms with van der Waals surface area (Å²) in [7, 11) is -3.35. The van der Waals surface area contributed by atoms with E-state index in [0.29, 0.717) is 27.7 Å². The SMILES string of the molecule is CCS(=O)(=O)c1ccc(C(C(N)=O)c2ccc(-c3nc4cc(Cl)c(Cl)cc4n3Cc3ccccc3)cc2)cc1. The minimum absolute atomic E-state index is 0.000508. The number of benzene rings is 4. The van der Waals surface area contributed by atoms with Gasteiger partial charge in [0.25, 0.3) is 0 Å². The zero-order valence-corrected chi connectivity index (χ0v) is 23.3. The minimum atomic E-state index is -3.35. The van der Waals surface area contributed by atoms with Gasteiger partial charge in [0.05, 0.1) is 37.6 Å². The van der Waals surface area contributed by atoms with Crippen LogP contribution in [0.2, 0.25) is 10.0 Å². The lowest BCUT2D eigenvalue weighted by atomic mass is 9.90. The van der Waals surface area contributed by atoms with Crippen molar-refractivity contribution < 1.29 is 13.2 Å². The van der Waals surface area contributed by atoms with Crippen LogP contribution in [0.25, 0.3) is 22.4 Å². The van der Waals surface area contributed by atoms with Gasteiger partial charge in [-0.05, 0) is 41.0 Å². The fourth-order valence-corrected chi connectivity index (χ4v) is 5.85. The number of carbonyl (C=O) groups excluding carboxylic acids is 1. The number of halogens is 2. The van der Waals surface area contributed by atoms with Gasteiger partial charge in [-0.2, -0.15) is 0 Å². The Bertz CT molecular complexity index is 1770. The van der Waals surface area contributed by atoms with Gasteiger partial charge in [-0.15, -0.1) is 0 Å². The van der Waals surface area contributed by atoms with Crippen LogP contribution in [0.15, 0.2) is 95.9 Å². The average molecular weight is 579 g/mol. The Labute approximate surface area is 236 Å². The minimum Gasteiger partial charge on any atom is -0.369 e. The molecule has 39 heavy (non-hydrogen) atoms. The first kappa shape index (κ1) is 26.9. The van der Waals surface area contributed by atoms with Crippen LogP contribution in [0.4, 0.5) is 0 Å². The standard InChI is InChI=1S/C30H25Cl2N3O3S/c1-2-39(37,38)23-14-12-21(13-15-23)28(29(33)36)20-8-10-22(11-9-20)30-34-26-16-24(31)25(32)17-27(26)35(30)18-19-6-4-3-5-7-19/h3-17,28H,2,18H2,1H3,(H2,33,36). The zero-order chi connectivity index (χ0) is 27.7. The monoisotopic (exact) mass is 577 g/mol. The summed E-state index contributed by atoms with van der Waals surface area (Å²) >= 11 is 12.6. The molecule has 0 fully saturated rings. The van der Waals surface area contributed by atoms with Crippen molar-refractivity contribution in [2.45, 2.75) is 24.3 Å². The van der Waals surface area contributed by atoms with E-state index in [2.05, 4.69) is 4.57 Å². The third kappa shape index (κ3) is 5.43. The molecule has 0 aliphatic rings. The normalized spacial score (nSPS) is 12.5. The Balaban J connectivity index is 1.54. The molecule has 198 valence electrons. The zero-order valence-electron chi connectivity index (χ0n) is 21.0. The summed E-state index contributed by atoms with van der Waals surface area (Å²) in [6.45, 7) is 2.16. The second-order valence-electron chi connectivity index (χ2n) is 9.19. The van der Waals surface area contributed by atoms with Crippen molar-refractivity contribution in [2.75, 3.05) is 5.75 Å². The van der Waals surface area contributed by atoms with Gasteiger partial charge >= 0.3 is 0 Å². The van der Waals surface area contributed by atoms with E-state index >= 15 is 0 Å². The van der Waals surface area contributed by atoms with E-state index in [4.69, 9.17) is 33.9 Å². The Morgan fingerprint density at radius 1 is 0.897 bits per heavy atom. The maximum Gasteiger partial charge on any atom is 0.229 e. The number of nitrogens with zero attached hydrogens (tertiary/aromatic N) is 2. The highest BCUT2D eigenvalue weighted by Crippen LogP contribution is 2.33. The van der Waals surface area contributed by atoms with Crippen molar-refractivity contribution in [3.8, 4) is 11.4 Å². The Morgan fingerprint density at radius 3 is 2.08 bits per heavy atom. The number of rotatable bonds is 8. The van der Waals surface area contributed by atoms with E-state index in [1.165, 1.54) is 12.1 Å². The van der Waals surface area contributed by atoms with Gasteiger partial charge < -0.3 is 10.3 Å². The van der Waals surface area contributed by atoms with E-state index in [1.807, 2.05) is 60.7 Å². The molecule has 0 spiro atoms. The average Bonchev–Trinajstić information content (AvgIpc) is 3.26. The Hall–Kier alpha value is -3.65. The van der Waals surface area contributed by atoms with Crippen LogP contribution >= 0.6 is 23.2 Å². The second kappa shape index (κ2) is 10.8. The molecule has 0 bridgehead atoms. The lowest BCUT2D eigenvalue weighted by Crippen LogP contribution is -2.22. The number of primary amides is 1. The maximum absolute atomic E-state index is 12.5.